The Hall–Kier alpha value is -3.02. The maximum atomic E-state index is 13.6. The monoisotopic (exact) mass is 350 g/mol. The molecule has 0 fully saturated rings. The van der Waals surface area contributed by atoms with Gasteiger partial charge in [-0.1, -0.05) is 0 Å². The van der Waals surface area contributed by atoms with Gasteiger partial charge in [0.05, 0.1) is 12.2 Å². The van der Waals surface area contributed by atoms with Gasteiger partial charge in [0.1, 0.15) is 11.5 Å². The number of fused-ring (bicyclic) bond motifs is 1. The van der Waals surface area contributed by atoms with E-state index in [-0.39, 0.29) is 17.8 Å². The SMILES string of the molecule is Cc1cc(-c2cnn3c2C(=O)N(c2ccc(F)c(C)c2)CC3C)ccn1. The molecule has 132 valence electrons. The van der Waals surface area contributed by atoms with Gasteiger partial charge in [-0.3, -0.25) is 14.5 Å². The van der Waals surface area contributed by atoms with Gasteiger partial charge in [0.25, 0.3) is 5.91 Å². The lowest BCUT2D eigenvalue weighted by molar-refractivity contribution is 0.0954. The van der Waals surface area contributed by atoms with Gasteiger partial charge in [0, 0.05) is 29.7 Å². The van der Waals surface area contributed by atoms with Crippen molar-refractivity contribution < 1.29 is 9.18 Å². The van der Waals surface area contributed by atoms with Crippen LogP contribution in [0.1, 0.15) is 34.7 Å². The molecule has 6 heteroatoms. The summed E-state index contributed by atoms with van der Waals surface area (Å²) in [5.41, 5.74) is 4.35. The highest BCUT2D eigenvalue weighted by atomic mass is 19.1. The second kappa shape index (κ2) is 6.05. The van der Waals surface area contributed by atoms with E-state index in [4.69, 9.17) is 0 Å². The number of carbonyl (C=O) groups is 1. The predicted molar refractivity (Wildman–Crippen MR) is 97.7 cm³/mol. The predicted octanol–water partition coefficient (Wildman–Crippen LogP) is 3.92. The largest absolute Gasteiger partial charge is 0.305 e. The number of nitrogens with zero attached hydrogens (tertiary/aromatic N) is 4. The molecule has 0 saturated heterocycles. The summed E-state index contributed by atoms with van der Waals surface area (Å²) in [7, 11) is 0. The molecule has 1 aliphatic rings. The van der Waals surface area contributed by atoms with Gasteiger partial charge < -0.3 is 4.90 Å². The van der Waals surface area contributed by atoms with Crippen LogP contribution >= 0.6 is 0 Å². The molecule has 2 aromatic heterocycles. The molecule has 3 heterocycles. The highest BCUT2D eigenvalue weighted by Gasteiger charge is 2.33. The van der Waals surface area contributed by atoms with Crippen molar-refractivity contribution >= 4 is 11.6 Å². The fourth-order valence-electron chi connectivity index (χ4n) is 3.41. The van der Waals surface area contributed by atoms with Gasteiger partial charge in [-0.05, 0) is 62.2 Å². The smallest absolute Gasteiger partial charge is 0.277 e. The van der Waals surface area contributed by atoms with Crippen LogP contribution in [0.2, 0.25) is 0 Å². The third-order valence-corrected chi connectivity index (χ3v) is 4.77. The van der Waals surface area contributed by atoms with Crippen molar-refractivity contribution in [2.45, 2.75) is 26.8 Å². The van der Waals surface area contributed by atoms with Gasteiger partial charge in [-0.15, -0.1) is 0 Å². The number of aromatic nitrogens is 3. The normalized spacial score (nSPS) is 16.7. The van der Waals surface area contributed by atoms with Gasteiger partial charge in [0.15, 0.2) is 0 Å². The average molecular weight is 350 g/mol. The molecule has 0 aliphatic carbocycles. The zero-order chi connectivity index (χ0) is 18.4. The quantitative estimate of drug-likeness (QED) is 0.704. The summed E-state index contributed by atoms with van der Waals surface area (Å²) < 4.78 is 15.4. The zero-order valence-corrected chi connectivity index (χ0v) is 14.9. The second-order valence-electron chi connectivity index (χ2n) is 6.74. The van der Waals surface area contributed by atoms with Crippen LogP contribution in [0, 0.1) is 19.7 Å². The molecule has 5 nitrogen and oxygen atoms in total. The van der Waals surface area contributed by atoms with E-state index in [1.54, 1.807) is 41.0 Å². The van der Waals surface area contributed by atoms with Crippen molar-refractivity contribution in [3.8, 4) is 11.1 Å². The summed E-state index contributed by atoms with van der Waals surface area (Å²) in [6.45, 7) is 6.13. The molecule has 1 atom stereocenters. The third kappa shape index (κ3) is 2.58. The molecular formula is C20H19FN4O. The van der Waals surface area contributed by atoms with Crippen LogP contribution in [0.15, 0.2) is 42.7 Å². The lowest BCUT2D eigenvalue weighted by Crippen LogP contribution is -2.42. The molecule has 1 amide bonds. The fourth-order valence-corrected chi connectivity index (χ4v) is 3.41. The summed E-state index contributed by atoms with van der Waals surface area (Å²) in [4.78, 5) is 19.2. The van der Waals surface area contributed by atoms with E-state index < -0.39 is 0 Å². The van der Waals surface area contributed by atoms with Crippen molar-refractivity contribution in [1.82, 2.24) is 14.8 Å². The summed E-state index contributed by atoms with van der Waals surface area (Å²) in [5.74, 6) is -0.402. The second-order valence-corrected chi connectivity index (χ2v) is 6.74. The first-order chi connectivity index (χ1) is 12.5. The van der Waals surface area contributed by atoms with Crippen molar-refractivity contribution in [2.24, 2.45) is 0 Å². The highest BCUT2D eigenvalue weighted by Crippen LogP contribution is 2.33. The minimum Gasteiger partial charge on any atom is -0.305 e. The summed E-state index contributed by atoms with van der Waals surface area (Å²) in [6, 6.07) is 8.60. The Kier molecular flexibility index (Phi) is 3.83. The number of hydrogen-bond acceptors (Lipinski definition) is 3. The first-order valence-corrected chi connectivity index (χ1v) is 8.54. The van der Waals surface area contributed by atoms with Crippen LogP contribution in [0.4, 0.5) is 10.1 Å². The van der Waals surface area contributed by atoms with Crippen molar-refractivity contribution in [2.75, 3.05) is 11.4 Å². The van der Waals surface area contributed by atoms with Crippen LogP contribution in [0.25, 0.3) is 11.1 Å². The summed E-state index contributed by atoms with van der Waals surface area (Å²) >= 11 is 0. The number of amides is 1. The summed E-state index contributed by atoms with van der Waals surface area (Å²) in [6.07, 6.45) is 3.46. The van der Waals surface area contributed by atoms with E-state index in [9.17, 15) is 9.18 Å². The molecule has 1 unspecified atom stereocenters. The van der Waals surface area contributed by atoms with Crippen LogP contribution in [0.3, 0.4) is 0 Å². The molecular weight excluding hydrogens is 331 g/mol. The topological polar surface area (TPSA) is 51.0 Å². The van der Waals surface area contributed by atoms with Gasteiger partial charge in [-0.2, -0.15) is 5.10 Å². The number of rotatable bonds is 2. The highest BCUT2D eigenvalue weighted by molar-refractivity contribution is 6.09. The number of benzene rings is 1. The van der Waals surface area contributed by atoms with Crippen LogP contribution in [0.5, 0.6) is 0 Å². The van der Waals surface area contributed by atoms with Crippen LogP contribution < -0.4 is 4.90 Å². The number of carbonyl (C=O) groups excluding carboxylic acids is 1. The number of hydrogen-bond donors (Lipinski definition) is 0. The molecule has 3 aromatic rings. The van der Waals surface area contributed by atoms with E-state index >= 15 is 0 Å². The zero-order valence-electron chi connectivity index (χ0n) is 14.9. The first kappa shape index (κ1) is 16.4. The average Bonchev–Trinajstić information content (AvgIpc) is 3.06. The maximum Gasteiger partial charge on any atom is 0.277 e. The molecule has 1 aliphatic heterocycles. The lowest BCUT2D eigenvalue weighted by Gasteiger charge is -2.32. The van der Waals surface area contributed by atoms with Gasteiger partial charge in [-0.25, -0.2) is 4.39 Å². The van der Waals surface area contributed by atoms with Crippen molar-refractivity contribution in [3.63, 3.8) is 0 Å². The Morgan fingerprint density at radius 2 is 2.00 bits per heavy atom. The van der Waals surface area contributed by atoms with E-state index in [1.807, 2.05) is 26.0 Å². The number of halogens is 1. The van der Waals surface area contributed by atoms with E-state index in [1.165, 1.54) is 6.07 Å². The number of aryl methyl sites for hydroxylation is 2. The molecule has 0 bridgehead atoms. The summed E-state index contributed by atoms with van der Waals surface area (Å²) in [5, 5.41) is 4.44. The minimum absolute atomic E-state index is 0.0183. The minimum atomic E-state index is -0.274. The molecule has 26 heavy (non-hydrogen) atoms. The van der Waals surface area contributed by atoms with E-state index in [0.29, 0.717) is 23.5 Å². The van der Waals surface area contributed by atoms with Crippen molar-refractivity contribution in [3.05, 3.63) is 65.5 Å². The van der Waals surface area contributed by atoms with Crippen molar-refractivity contribution in [1.29, 1.82) is 0 Å². The molecule has 4 rings (SSSR count). The first-order valence-electron chi connectivity index (χ1n) is 8.54. The van der Waals surface area contributed by atoms with E-state index in [0.717, 1.165) is 16.8 Å². The maximum absolute atomic E-state index is 13.6. The molecule has 1 aromatic carbocycles. The molecule has 0 N–H and O–H groups in total. The Bertz CT molecular complexity index is 1010. The molecule has 0 saturated carbocycles. The van der Waals surface area contributed by atoms with Gasteiger partial charge >= 0.3 is 0 Å². The lowest BCUT2D eigenvalue weighted by atomic mass is 10.0. The van der Waals surface area contributed by atoms with Gasteiger partial charge in [0.2, 0.25) is 0 Å². The van der Waals surface area contributed by atoms with Crippen LogP contribution in [-0.2, 0) is 0 Å². The fraction of sp³-hybridized carbons (Fsp3) is 0.250. The molecule has 0 spiro atoms. The molecule has 0 radical (unpaired) electrons. The third-order valence-electron chi connectivity index (χ3n) is 4.77. The standard InChI is InChI=1S/C20H19FN4O/c1-12-8-16(4-5-18(12)21)24-11-14(3)25-19(20(24)26)17(10-23-25)15-6-7-22-13(2)9-15/h4-10,14H,11H2,1-3H3. The Morgan fingerprint density at radius 1 is 1.19 bits per heavy atom. The number of anilines is 1. The van der Waals surface area contributed by atoms with E-state index in [2.05, 4.69) is 10.1 Å². The Morgan fingerprint density at radius 3 is 2.73 bits per heavy atom. The number of pyridine rings is 1. The van der Waals surface area contributed by atoms with Crippen LogP contribution in [-0.4, -0.2) is 27.2 Å². The Balaban J connectivity index is 1.82. The Labute approximate surface area is 151 Å².